The smallest absolute Gasteiger partial charge is 0.286 e. The van der Waals surface area contributed by atoms with E-state index >= 15 is 0 Å². The lowest BCUT2D eigenvalue weighted by Gasteiger charge is -2.14. The number of ketones is 1. The predicted octanol–water partition coefficient (Wildman–Crippen LogP) is 2.00. The van der Waals surface area contributed by atoms with Gasteiger partial charge >= 0.3 is 0 Å². The van der Waals surface area contributed by atoms with Gasteiger partial charge in [-0.25, -0.2) is 0 Å². The van der Waals surface area contributed by atoms with Crippen LogP contribution in [-0.4, -0.2) is 26.7 Å². The molecule has 0 saturated heterocycles. The number of Topliss-reactive ketones (excluding diaryl/α,β-unsaturated/α-hetero) is 1. The van der Waals surface area contributed by atoms with E-state index in [0.29, 0.717) is 5.39 Å². The van der Waals surface area contributed by atoms with Crippen LogP contribution in [0.4, 0.5) is 5.69 Å². The molecule has 8 nitrogen and oxygen atoms in total. The van der Waals surface area contributed by atoms with Gasteiger partial charge in [0.15, 0.2) is 0 Å². The van der Waals surface area contributed by atoms with E-state index < -0.39 is 21.7 Å². The number of carbonyl (C=O) groups is 1. The van der Waals surface area contributed by atoms with Crippen LogP contribution in [0.15, 0.2) is 30.5 Å². The average molecular weight is 285 g/mol. The molecule has 0 amide bonds. The zero-order chi connectivity index (χ0) is 15.1. The summed E-state index contributed by atoms with van der Waals surface area (Å²) in [6.07, 6.45) is 3.86. The minimum absolute atomic E-state index is 0.0559. The van der Waals surface area contributed by atoms with Crippen molar-refractivity contribution in [2.45, 2.75) is 6.04 Å². The maximum atomic E-state index is 12.3. The number of nitrogens with zero attached hydrogens (tertiary/aromatic N) is 3. The van der Waals surface area contributed by atoms with E-state index in [4.69, 9.17) is 0 Å². The Labute approximate surface area is 117 Å². The molecule has 104 valence electrons. The van der Waals surface area contributed by atoms with E-state index in [9.17, 15) is 25.0 Å². The summed E-state index contributed by atoms with van der Waals surface area (Å²) in [5.74, 6) is -0.712. The Morgan fingerprint density at radius 3 is 2.57 bits per heavy atom. The molecule has 2 aromatic rings. The van der Waals surface area contributed by atoms with Crippen molar-refractivity contribution in [1.29, 1.82) is 0 Å². The zero-order valence-electron chi connectivity index (χ0n) is 10.4. The molecule has 1 aliphatic carbocycles. The first-order valence-electron chi connectivity index (χ1n) is 5.92. The van der Waals surface area contributed by atoms with Crippen LogP contribution in [0.25, 0.3) is 16.8 Å². The summed E-state index contributed by atoms with van der Waals surface area (Å²) in [6, 6.07) is 2.78. The van der Waals surface area contributed by atoms with E-state index in [1.165, 1.54) is 36.5 Å². The van der Waals surface area contributed by atoms with Gasteiger partial charge in [-0.3, -0.25) is 30.0 Å². The van der Waals surface area contributed by atoms with Crippen LogP contribution < -0.4 is 0 Å². The number of fused-ring (bicyclic) bond motifs is 3. The van der Waals surface area contributed by atoms with Gasteiger partial charge in [-0.1, -0.05) is 12.1 Å². The molecule has 0 fully saturated rings. The number of nitro benzene ring substituents is 1. The Morgan fingerprint density at radius 1 is 1.14 bits per heavy atom. The van der Waals surface area contributed by atoms with Crippen molar-refractivity contribution in [3.63, 3.8) is 0 Å². The molecule has 0 N–H and O–H groups in total. The molecule has 1 aromatic heterocycles. The second kappa shape index (κ2) is 4.44. The SMILES string of the molecule is O=C1c2c(ncc3c([N+](=O)[O-])cccc23)C=CC1[N+](=O)[O-]. The Bertz CT molecular complexity index is 843. The molecule has 21 heavy (non-hydrogen) atoms. The minimum Gasteiger partial charge on any atom is -0.286 e. The topological polar surface area (TPSA) is 116 Å². The summed E-state index contributed by atoms with van der Waals surface area (Å²) in [6.45, 7) is 0. The predicted molar refractivity (Wildman–Crippen MR) is 72.5 cm³/mol. The number of pyridine rings is 1. The molecular formula is C13H7N3O5. The van der Waals surface area contributed by atoms with Crippen molar-refractivity contribution >= 4 is 28.3 Å². The maximum absolute atomic E-state index is 12.3. The molecule has 1 aliphatic rings. The quantitative estimate of drug-likeness (QED) is 0.615. The number of benzene rings is 1. The standard InChI is InChI=1S/C13H7N3O5/c17-13-11(16(20)21)5-4-9-12(13)7-2-1-3-10(15(18)19)8(7)6-14-9/h1-6,11H. The Balaban J connectivity index is 2.34. The molecule has 1 atom stereocenters. The third-order valence-corrected chi connectivity index (χ3v) is 3.32. The normalized spacial score (nSPS) is 16.8. The van der Waals surface area contributed by atoms with E-state index in [-0.39, 0.29) is 22.3 Å². The van der Waals surface area contributed by atoms with Crippen LogP contribution in [0.1, 0.15) is 16.1 Å². The molecule has 0 aliphatic heterocycles. The van der Waals surface area contributed by atoms with Gasteiger partial charge < -0.3 is 0 Å². The Hall–Kier alpha value is -3.16. The number of non-ortho nitro benzene ring substituents is 1. The molecule has 0 bridgehead atoms. The van der Waals surface area contributed by atoms with Crippen molar-refractivity contribution < 1.29 is 14.6 Å². The minimum atomic E-state index is -1.48. The summed E-state index contributed by atoms with van der Waals surface area (Å²) in [7, 11) is 0. The van der Waals surface area contributed by atoms with Gasteiger partial charge in [0.1, 0.15) is 0 Å². The molecule has 1 heterocycles. The first kappa shape index (κ1) is 12.9. The Morgan fingerprint density at radius 2 is 1.90 bits per heavy atom. The largest absolute Gasteiger partial charge is 0.293 e. The average Bonchev–Trinajstić information content (AvgIpc) is 2.45. The van der Waals surface area contributed by atoms with Crippen molar-refractivity contribution in [3.05, 3.63) is 62.0 Å². The monoisotopic (exact) mass is 285 g/mol. The van der Waals surface area contributed by atoms with E-state index in [0.717, 1.165) is 0 Å². The molecule has 1 aromatic carbocycles. The third kappa shape index (κ3) is 1.84. The highest BCUT2D eigenvalue weighted by atomic mass is 16.6. The number of nitro groups is 2. The first-order chi connectivity index (χ1) is 10.0. The molecule has 8 heteroatoms. The summed E-state index contributed by atoms with van der Waals surface area (Å²) < 4.78 is 0. The molecule has 3 rings (SSSR count). The fourth-order valence-corrected chi connectivity index (χ4v) is 2.37. The van der Waals surface area contributed by atoms with Gasteiger partial charge in [0, 0.05) is 22.6 Å². The second-order valence-corrected chi connectivity index (χ2v) is 4.47. The third-order valence-electron chi connectivity index (χ3n) is 3.32. The number of hydrogen-bond acceptors (Lipinski definition) is 6. The number of aromatic nitrogens is 1. The lowest BCUT2D eigenvalue weighted by Crippen LogP contribution is -2.30. The summed E-state index contributed by atoms with van der Waals surface area (Å²) in [4.78, 5) is 36.9. The number of hydrogen-bond donors (Lipinski definition) is 0. The summed E-state index contributed by atoms with van der Waals surface area (Å²) in [5.41, 5.74) is 0.148. The second-order valence-electron chi connectivity index (χ2n) is 4.47. The highest BCUT2D eigenvalue weighted by molar-refractivity contribution is 6.15. The van der Waals surface area contributed by atoms with E-state index in [2.05, 4.69) is 4.98 Å². The highest BCUT2D eigenvalue weighted by Gasteiger charge is 2.35. The van der Waals surface area contributed by atoms with Crippen LogP contribution in [0.5, 0.6) is 0 Å². The van der Waals surface area contributed by atoms with Crippen molar-refractivity contribution in [2.75, 3.05) is 0 Å². The van der Waals surface area contributed by atoms with Crippen LogP contribution in [-0.2, 0) is 0 Å². The highest BCUT2D eigenvalue weighted by Crippen LogP contribution is 2.31. The van der Waals surface area contributed by atoms with Gasteiger partial charge in [0.2, 0.25) is 5.78 Å². The van der Waals surface area contributed by atoms with Crippen LogP contribution in [0.3, 0.4) is 0 Å². The van der Waals surface area contributed by atoms with E-state index in [1.807, 2.05) is 0 Å². The molecule has 0 saturated carbocycles. The van der Waals surface area contributed by atoms with Crippen molar-refractivity contribution in [1.82, 2.24) is 4.98 Å². The maximum Gasteiger partial charge on any atom is 0.293 e. The molecule has 0 radical (unpaired) electrons. The van der Waals surface area contributed by atoms with Crippen LogP contribution in [0.2, 0.25) is 0 Å². The fraction of sp³-hybridized carbons (Fsp3) is 0.0769. The van der Waals surface area contributed by atoms with Gasteiger partial charge in [-0.15, -0.1) is 0 Å². The van der Waals surface area contributed by atoms with Crippen molar-refractivity contribution in [3.8, 4) is 0 Å². The summed E-state index contributed by atoms with van der Waals surface area (Å²) in [5, 5.41) is 22.4. The lowest BCUT2D eigenvalue weighted by atomic mass is 9.92. The number of carbonyl (C=O) groups excluding carboxylic acids is 1. The first-order valence-corrected chi connectivity index (χ1v) is 5.92. The molecular weight excluding hydrogens is 278 g/mol. The van der Waals surface area contributed by atoms with Crippen LogP contribution >= 0.6 is 0 Å². The number of rotatable bonds is 2. The van der Waals surface area contributed by atoms with Gasteiger partial charge in [0.05, 0.1) is 21.6 Å². The van der Waals surface area contributed by atoms with Crippen LogP contribution in [0, 0.1) is 20.2 Å². The Kier molecular flexibility index (Phi) is 2.72. The van der Waals surface area contributed by atoms with E-state index in [1.54, 1.807) is 0 Å². The summed E-state index contributed by atoms with van der Waals surface area (Å²) >= 11 is 0. The van der Waals surface area contributed by atoms with Crippen molar-refractivity contribution in [2.24, 2.45) is 0 Å². The molecule has 0 spiro atoms. The van der Waals surface area contributed by atoms with Gasteiger partial charge in [-0.05, 0) is 12.2 Å². The fourth-order valence-electron chi connectivity index (χ4n) is 2.37. The van der Waals surface area contributed by atoms with Gasteiger partial charge in [-0.2, -0.15) is 0 Å². The zero-order valence-corrected chi connectivity index (χ0v) is 10.4. The lowest BCUT2D eigenvalue weighted by molar-refractivity contribution is -0.492. The molecule has 1 unspecified atom stereocenters. The van der Waals surface area contributed by atoms with Gasteiger partial charge in [0.25, 0.3) is 11.7 Å².